The first-order valence-corrected chi connectivity index (χ1v) is 12.1. The second kappa shape index (κ2) is 7.01. The van der Waals surface area contributed by atoms with Gasteiger partial charge >= 0.3 is 0 Å². The number of ether oxygens (including phenoxy) is 1. The van der Waals surface area contributed by atoms with E-state index in [9.17, 15) is 13.2 Å². The van der Waals surface area contributed by atoms with Crippen molar-refractivity contribution in [3.63, 3.8) is 0 Å². The van der Waals surface area contributed by atoms with Gasteiger partial charge < -0.3 is 9.30 Å². The molecule has 1 aromatic carbocycles. The summed E-state index contributed by atoms with van der Waals surface area (Å²) in [7, 11) is -1.59. The zero-order chi connectivity index (χ0) is 21.0. The van der Waals surface area contributed by atoms with Gasteiger partial charge in [-0.15, -0.1) is 0 Å². The van der Waals surface area contributed by atoms with E-state index < -0.39 is 9.84 Å². The number of benzene rings is 1. The molecule has 0 N–H and O–H groups in total. The Morgan fingerprint density at radius 3 is 2.55 bits per heavy atom. The number of nitrogens with zero attached hydrogens (tertiary/aromatic N) is 1. The molecule has 0 spiro atoms. The molecular weight excluding hydrogens is 386 g/mol. The maximum absolute atomic E-state index is 12.8. The molecule has 1 saturated carbocycles. The van der Waals surface area contributed by atoms with Gasteiger partial charge in [-0.3, -0.25) is 4.79 Å². The summed E-state index contributed by atoms with van der Waals surface area (Å²) < 4.78 is 32.2. The Morgan fingerprint density at radius 2 is 1.90 bits per heavy atom. The number of pyridine rings is 1. The molecule has 0 aliphatic heterocycles. The fourth-order valence-corrected chi connectivity index (χ4v) is 4.77. The summed E-state index contributed by atoms with van der Waals surface area (Å²) in [6.45, 7) is 5.08. The van der Waals surface area contributed by atoms with Crippen molar-refractivity contribution in [1.29, 1.82) is 0 Å². The summed E-state index contributed by atoms with van der Waals surface area (Å²) in [5.74, 6) is 1.28. The molecule has 2 aliphatic carbocycles. The van der Waals surface area contributed by atoms with Crippen LogP contribution in [0, 0.1) is 11.3 Å². The fourth-order valence-electron chi connectivity index (χ4n) is 4.13. The number of rotatable bonds is 5. The molecule has 2 aliphatic rings. The van der Waals surface area contributed by atoms with Gasteiger partial charge in [-0.2, -0.15) is 0 Å². The minimum absolute atomic E-state index is 0.0407. The van der Waals surface area contributed by atoms with Crippen LogP contribution in [0.1, 0.15) is 44.2 Å². The number of fused-ring (bicyclic) bond motifs is 1. The van der Waals surface area contributed by atoms with Crippen LogP contribution in [-0.2, 0) is 29.7 Å². The molecule has 29 heavy (non-hydrogen) atoms. The molecule has 0 radical (unpaired) electrons. The van der Waals surface area contributed by atoms with Crippen molar-refractivity contribution in [3.8, 4) is 16.9 Å². The highest BCUT2D eigenvalue weighted by atomic mass is 32.2. The lowest BCUT2D eigenvalue weighted by Gasteiger charge is -2.33. The van der Waals surface area contributed by atoms with Gasteiger partial charge in [0.25, 0.3) is 5.56 Å². The predicted octanol–water partition coefficient (Wildman–Crippen LogP) is 3.76. The van der Waals surface area contributed by atoms with Crippen LogP contribution in [0.15, 0.2) is 34.1 Å². The fraction of sp³-hybridized carbons (Fsp3) is 0.522. The summed E-state index contributed by atoms with van der Waals surface area (Å²) in [6, 6.07) is 5.08. The molecule has 0 atom stereocenters. The molecule has 2 aromatic rings. The smallest absolute Gasteiger partial charge is 0.253 e. The third kappa shape index (κ3) is 4.13. The van der Waals surface area contributed by atoms with Crippen LogP contribution in [0.2, 0.25) is 0 Å². The molecule has 156 valence electrons. The van der Waals surface area contributed by atoms with Crippen LogP contribution in [0.5, 0.6) is 5.75 Å². The highest BCUT2D eigenvalue weighted by molar-refractivity contribution is 7.90. The van der Waals surface area contributed by atoms with Crippen LogP contribution in [0.3, 0.4) is 0 Å². The maximum atomic E-state index is 12.8. The Balaban J connectivity index is 1.92. The van der Waals surface area contributed by atoms with Crippen molar-refractivity contribution in [1.82, 2.24) is 4.57 Å². The Labute approximate surface area is 172 Å². The molecule has 0 amide bonds. The van der Waals surface area contributed by atoms with Crippen LogP contribution in [0.25, 0.3) is 11.1 Å². The Bertz CT molecular complexity index is 1120. The highest BCUT2D eigenvalue weighted by Gasteiger charge is 2.31. The van der Waals surface area contributed by atoms with Gasteiger partial charge in [0.05, 0.1) is 11.5 Å². The first-order chi connectivity index (χ1) is 13.5. The Hall–Kier alpha value is -2.08. The third-order valence-corrected chi connectivity index (χ3v) is 7.25. The monoisotopic (exact) mass is 415 g/mol. The van der Waals surface area contributed by atoms with Crippen molar-refractivity contribution >= 4 is 9.84 Å². The minimum atomic E-state index is -3.36. The molecule has 0 unspecified atom stereocenters. The van der Waals surface area contributed by atoms with Crippen LogP contribution in [-0.4, -0.2) is 25.8 Å². The first kappa shape index (κ1) is 20.2. The quantitative estimate of drug-likeness (QED) is 0.746. The standard InChI is InChI=1S/C23H29NO4S/c1-23(2)10-9-17-19(12-23)20(13-24(3)22(17)25)18-11-16(29(4,26)27)7-8-21(18)28-14-15-5-6-15/h7-8,11,13,15H,5-6,9-10,12,14H2,1-4H3. The molecule has 1 heterocycles. The first-order valence-electron chi connectivity index (χ1n) is 10.2. The van der Waals surface area contributed by atoms with Crippen LogP contribution >= 0.6 is 0 Å². The Morgan fingerprint density at radius 1 is 1.17 bits per heavy atom. The number of hydrogen-bond donors (Lipinski definition) is 0. The van der Waals surface area contributed by atoms with Gasteiger partial charge in [0.1, 0.15) is 5.75 Å². The average Bonchev–Trinajstić information content (AvgIpc) is 3.46. The van der Waals surface area contributed by atoms with Crippen LogP contribution < -0.4 is 10.3 Å². The van der Waals surface area contributed by atoms with E-state index in [0.717, 1.165) is 41.5 Å². The largest absolute Gasteiger partial charge is 0.493 e. The van der Waals surface area contributed by atoms with E-state index in [1.165, 1.54) is 19.1 Å². The van der Waals surface area contributed by atoms with Crippen molar-refractivity contribution in [2.75, 3.05) is 12.9 Å². The van der Waals surface area contributed by atoms with Crippen LogP contribution in [0.4, 0.5) is 0 Å². The molecule has 6 heteroatoms. The van der Waals surface area contributed by atoms with Gasteiger partial charge in [0.15, 0.2) is 9.84 Å². The number of aromatic nitrogens is 1. The molecule has 0 saturated heterocycles. The van der Waals surface area contributed by atoms with E-state index in [1.54, 1.807) is 29.8 Å². The van der Waals surface area contributed by atoms with Crippen molar-refractivity contribution in [2.45, 2.75) is 50.8 Å². The molecule has 1 fully saturated rings. The number of sulfone groups is 1. The van der Waals surface area contributed by atoms with Crippen molar-refractivity contribution in [2.24, 2.45) is 18.4 Å². The highest BCUT2D eigenvalue weighted by Crippen LogP contribution is 2.42. The number of hydrogen-bond acceptors (Lipinski definition) is 4. The molecule has 0 bridgehead atoms. The van der Waals surface area contributed by atoms with Gasteiger partial charge in [0, 0.05) is 36.2 Å². The van der Waals surface area contributed by atoms with E-state index in [2.05, 4.69) is 13.8 Å². The van der Waals surface area contributed by atoms with E-state index >= 15 is 0 Å². The molecule has 1 aromatic heterocycles. The lowest BCUT2D eigenvalue weighted by molar-refractivity contribution is 0.300. The summed E-state index contributed by atoms with van der Waals surface area (Å²) in [4.78, 5) is 13.0. The zero-order valence-corrected chi connectivity index (χ0v) is 18.4. The predicted molar refractivity (Wildman–Crippen MR) is 114 cm³/mol. The molecular formula is C23H29NO4S. The van der Waals surface area contributed by atoms with E-state index in [0.29, 0.717) is 18.3 Å². The second-order valence-corrected chi connectivity index (χ2v) is 11.5. The molecule has 5 nitrogen and oxygen atoms in total. The average molecular weight is 416 g/mol. The lowest BCUT2D eigenvalue weighted by atomic mass is 9.73. The van der Waals surface area contributed by atoms with E-state index in [-0.39, 0.29) is 15.9 Å². The SMILES string of the molecule is Cn1cc(-c2cc(S(C)(=O)=O)ccc2OCC2CC2)c2c(c1=O)CCC(C)(C)C2. The van der Waals surface area contributed by atoms with Crippen molar-refractivity contribution < 1.29 is 13.2 Å². The summed E-state index contributed by atoms with van der Waals surface area (Å²) in [5, 5.41) is 0. The third-order valence-electron chi connectivity index (χ3n) is 6.14. The lowest BCUT2D eigenvalue weighted by Crippen LogP contribution is -2.31. The Kier molecular flexibility index (Phi) is 4.88. The summed E-state index contributed by atoms with van der Waals surface area (Å²) in [5.41, 5.74) is 3.69. The number of aryl methyl sites for hydroxylation is 1. The minimum Gasteiger partial charge on any atom is -0.493 e. The summed E-state index contributed by atoms with van der Waals surface area (Å²) >= 11 is 0. The zero-order valence-electron chi connectivity index (χ0n) is 17.6. The van der Waals surface area contributed by atoms with E-state index in [1.807, 2.05) is 6.20 Å². The second-order valence-electron chi connectivity index (χ2n) is 9.44. The van der Waals surface area contributed by atoms with Gasteiger partial charge in [-0.05, 0) is 67.2 Å². The van der Waals surface area contributed by atoms with Crippen molar-refractivity contribution in [3.05, 3.63) is 45.9 Å². The topological polar surface area (TPSA) is 65.4 Å². The van der Waals surface area contributed by atoms with Gasteiger partial charge in [0.2, 0.25) is 0 Å². The molecule has 4 rings (SSSR count). The van der Waals surface area contributed by atoms with E-state index in [4.69, 9.17) is 4.74 Å². The normalized spacial score (nSPS) is 18.3. The van der Waals surface area contributed by atoms with Gasteiger partial charge in [-0.25, -0.2) is 8.42 Å². The maximum Gasteiger partial charge on any atom is 0.253 e. The van der Waals surface area contributed by atoms with Gasteiger partial charge in [-0.1, -0.05) is 13.8 Å². The summed E-state index contributed by atoms with van der Waals surface area (Å²) in [6.07, 6.45) is 7.92.